The molecule has 0 saturated carbocycles. The number of aromatic nitrogens is 2. The van der Waals surface area contributed by atoms with Crippen molar-refractivity contribution in [2.24, 2.45) is 7.05 Å². The fourth-order valence-electron chi connectivity index (χ4n) is 2.43. The lowest BCUT2D eigenvalue weighted by Crippen LogP contribution is -2.29. The molecule has 18 heavy (non-hydrogen) atoms. The van der Waals surface area contributed by atoms with E-state index in [2.05, 4.69) is 42.4 Å². The summed E-state index contributed by atoms with van der Waals surface area (Å²) >= 11 is 0. The first kappa shape index (κ1) is 15.3. The van der Waals surface area contributed by atoms with Gasteiger partial charge >= 0.3 is 0 Å². The first-order valence-electron chi connectivity index (χ1n) is 7.77. The van der Waals surface area contributed by atoms with Crippen molar-refractivity contribution in [2.75, 3.05) is 0 Å². The third kappa shape index (κ3) is 5.70. The van der Waals surface area contributed by atoms with Crippen molar-refractivity contribution in [3.8, 4) is 0 Å². The van der Waals surface area contributed by atoms with Crippen LogP contribution in [0.1, 0.15) is 70.5 Å². The zero-order valence-electron chi connectivity index (χ0n) is 12.6. The third-order valence-electron chi connectivity index (χ3n) is 3.90. The molecule has 0 amide bonds. The van der Waals surface area contributed by atoms with Gasteiger partial charge in [0.05, 0.1) is 13.6 Å². The normalized spacial score (nSPS) is 11.1. The second-order valence-corrected chi connectivity index (χ2v) is 5.48. The van der Waals surface area contributed by atoms with Crippen molar-refractivity contribution in [3.05, 3.63) is 18.2 Å². The molecule has 0 saturated heterocycles. The molecule has 2 heteroatoms. The maximum Gasteiger partial charge on any atom is 0.253 e. The molecule has 2 nitrogen and oxygen atoms in total. The highest BCUT2D eigenvalue weighted by atomic mass is 15.1. The maximum atomic E-state index is 2.36. The van der Waals surface area contributed by atoms with E-state index in [4.69, 9.17) is 0 Å². The first-order valence-corrected chi connectivity index (χ1v) is 7.77. The van der Waals surface area contributed by atoms with Gasteiger partial charge in [0.2, 0.25) is 0 Å². The van der Waals surface area contributed by atoms with Crippen LogP contribution in [0, 0.1) is 6.92 Å². The summed E-state index contributed by atoms with van der Waals surface area (Å²) in [6, 6.07) is 0. The molecule has 0 aliphatic carbocycles. The van der Waals surface area contributed by atoms with Crippen LogP contribution in [0.5, 0.6) is 0 Å². The average Bonchev–Trinajstić information content (AvgIpc) is 2.68. The number of aryl methyl sites for hydroxylation is 2. The van der Waals surface area contributed by atoms with Gasteiger partial charge in [0.15, 0.2) is 0 Å². The Bertz CT molecular complexity index is 315. The summed E-state index contributed by atoms with van der Waals surface area (Å²) in [4.78, 5) is 0. The molecule has 0 bridgehead atoms. The Morgan fingerprint density at radius 3 is 2.00 bits per heavy atom. The van der Waals surface area contributed by atoms with E-state index in [1.165, 1.54) is 70.2 Å². The van der Waals surface area contributed by atoms with E-state index in [-0.39, 0.29) is 0 Å². The number of hydrogen-bond donors (Lipinski definition) is 0. The van der Waals surface area contributed by atoms with E-state index in [0.29, 0.717) is 0 Å². The van der Waals surface area contributed by atoms with E-state index in [0.717, 1.165) is 0 Å². The molecule has 0 aliphatic rings. The van der Waals surface area contributed by atoms with Crippen LogP contribution >= 0.6 is 0 Å². The lowest BCUT2D eigenvalue weighted by molar-refractivity contribution is -0.677. The molecule has 0 unspecified atom stereocenters. The summed E-state index contributed by atoms with van der Waals surface area (Å²) in [6.07, 6.45) is 17.0. The van der Waals surface area contributed by atoms with E-state index in [1.54, 1.807) is 0 Å². The predicted molar refractivity (Wildman–Crippen MR) is 77.6 cm³/mol. The van der Waals surface area contributed by atoms with E-state index < -0.39 is 0 Å². The molecule has 0 N–H and O–H groups in total. The van der Waals surface area contributed by atoms with Crippen LogP contribution in [-0.4, -0.2) is 4.57 Å². The van der Waals surface area contributed by atoms with Crippen LogP contribution < -0.4 is 4.57 Å². The van der Waals surface area contributed by atoms with E-state index in [9.17, 15) is 0 Å². The minimum absolute atomic E-state index is 1.18. The van der Waals surface area contributed by atoms with Crippen LogP contribution in [0.4, 0.5) is 0 Å². The largest absolute Gasteiger partial charge is 0.253 e. The Hall–Kier alpha value is -0.790. The summed E-state index contributed by atoms with van der Waals surface area (Å²) in [5.41, 5.74) is 0. The molecule has 1 heterocycles. The van der Waals surface area contributed by atoms with Gasteiger partial charge in [-0.1, -0.05) is 51.9 Å². The zero-order valence-corrected chi connectivity index (χ0v) is 12.6. The summed E-state index contributed by atoms with van der Waals surface area (Å²) in [6.45, 7) is 5.65. The van der Waals surface area contributed by atoms with Gasteiger partial charge in [-0.05, 0) is 12.8 Å². The molecule has 1 rings (SSSR count). The van der Waals surface area contributed by atoms with Gasteiger partial charge in [-0.2, -0.15) is 0 Å². The quantitative estimate of drug-likeness (QED) is 0.436. The average molecular weight is 251 g/mol. The molecule has 1 aromatic heterocycles. The molecular formula is C16H31N2+. The van der Waals surface area contributed by atoms with Crippen LogP contribution in [0.15, 0.2) is 12.4 Å². The molecule has 0 aromatic carbocycles. The molecule has 0 radical (unpaired) electrons. The van der Waals surface area contributed by atoms with Crippen molar-refractivity contribution < 1.29 is 4.57 Å². The van der Waals surface area contributed by atoms with Crippen molar-refractivity contribution in [1.29, 1.82) is 0 Å². The predicted octanol–water partition coefficient (Wildman–Crippen LogP) is 4.15. The van der Waals surface area contributed by atoms with Crippen molar-refractivity contribution in [1.82, 2.24) is 4.57 Å². The fourth-order valence-corrected chi connectivity index (χ4v) is 2.43. The summed E-state index contributed by atoms with van der Waals surface area (Å²) < 4.78 is 4.55. The van der Waals surface area contributed by atoms with Gasteiger partial charge in [-0.25, -0.2) is 9.13 Å². The fraction of sp³-hybridized carbons (Fsp3) is 0.812. The van der Waals surface area contributed by atoms with Crippen molar-refractivity contribution >= 4 is 0 Å². The molecule has 0 aliphatic heterocycles. The van der Waals surface area contributed by atoms with Gasteiger partial charge in [-0.15, -0.1) is 0 Å². The van der Waals surface area contributed by atoms with Gasteiger partial charge in [0, 0.05) is 6.92 Å². The van der Waals surface area contributed by atoms with E-state index >= 15 is 0 Å². The highest BCUT2D eigenvalue weighted by molar-refractivity contribution is 4.78. The Balaban J connectivity index is 1.94. The second kappa shape index (κ2) is 9.18. The Morgan fingerprint density at radius 1 is 0.944 bits per heavy atom. The summed E-state index contributed by atoms with van der Waals surface area (Å²) in [5, 5.41) is 0. The lowest BCUT2D eigenvalue weighted by Gasteiger charge is -2.02. The van der Waals surface area contributed by atoms with Crippen LogP contribution in [0.3, 0.4) is 0 Å². The Labute approximate surface area is 113 Å². The topological polar surface area (TPSA) is 8.81 Å². The van der Waals surface area contributed by atoms with Gasteiger partial charge < -0.3 is 0 Å². The van der Waals surface area contributed by atoms with Crippen LogP contribution in [-0.2, 0) is 13.6 Å². The number of hydrogen-bond acceptors (Lipinski definition) is 0. The Morgan fingerprint density at radius 2 is 1.50 bits per heavy atom. The number of unbranched alkanes of at least 4 members (excludes halogenated alkanes) is 8. The zero-order chi connectivity index (χ0) is 13.2. The molecule has 0 spiro atoms. The van der Waals surface area contributed by atoms with Crippen LogP contribution in [0.25, 0.3) is 0 Å². The van der Waals surface area contributed by atoms with Gasteiger partial charge in [0.1, 0.15) is 12.4 Å². The molecule has 0 fully saturated rings. The first-order chi connectivity index (χ1) is 8.75. The SMILES string of the molecule is CCCCCCCCCCCn1cc[n+](C)c1C. The number of rotatable bonds is 10. The van der Waals surface area contributed by atoms with Gasteiger partial charge in [-0.3, -0.25) is 0 Å². The van der Waals surface area contributed by atoms with Gasteiger partial charge in [0.25, 0.3) is 5.82 Å². The second-order valence-electron chi connectivity index (χ2n) is 5.48. The maximum absolute atomic E-state index is 2.36. The number of nitrogens with zero attached hydrogens (tertiary/aromatic N) is 2. The molecular weight excluding hydrogens is 220 g/mol. The highest BCUT2D eigenvalue weighted by Gasteiger charge is 2.07. The third-order valence-corrected chi connectivity index (χ3v) is 3.90. The molecule has 0 atom stereocenters. The van der Waals surface area contributed by atoms with Crippen molar-refractivity contribution in [3.63, 3.8) is 0 Å². The molecule has 1 aromatic rings. The smallest absolute Gasteiger partial charge is 0.237 e. The minimum atomic E-state index is 1.18. The Kier molecular flexibility index (Phi) is 7.79. The van der Waals surface area contributed by atoms with Crippen molar-refractivity contribution in [2.45, 2.75) is 78.2 Å². The lowest BCUT2D eigenvalue weighted by atomic mass is 10.1. The minimum Gasteiger partial charge on any atom is -0.237 e. The number of imidazole rings is 1. The standard InChI is InChI=1S/C16H31N2/c1-4-5-6-7-8-9-10-11-12-13-18-15-14-17(3)16(18)2/h14-15H,4-13H2,1-3H3/q+1. The summed E-state index contributed by atoms with van der Waals surface area (Å²) in [5.74, 6) is 1.36. The highest BCUT2D eigenvalue weighted by Crippen LogP contribution is 2.10. The monoisotopic (exact) mass is 251 g/mol. The summed E-state index contributed by atoms with van der Waals surface area (Å²) in [7, 11) is 2.11. The van der Waals surface area contributed by atoms with Crippen LogP contribution in [0.2, 0.25) is 0 Å². The molecule has 104 valence electrons. The van der Waals surface area contributed by atoms with E-state index in [1.807, 2.05) is 0 Å².